The minimum atomic E-state index is -0.0643. The average Bonchev–Trinajstić information content (AvgIpc) is 2.86. The molecule has 3 unspecified atom stereocenters. The molecule has 0 saturated carbocycles. The van der Waals surface area contributed by atoms with E-state index in [1.54, 1.807) is 0 Å². The number of carbonyl (C=O) groups is 1. The lowest BCUT2D eigenvalue weighted by Crippen LogP contribution is -2.42. The van der Waals surface area contributed by atoms with E-state index >= 15 is 0 Å². The normalized spacial score (nSPS) is 22.2. The SMILES string of the molecule is Cc1cc(C)n(CC(C)CNC(=O)NCCCN2CC(C)CC(C)C2)n1. The number of likely N-dealkylation sites (tertiary alicyclic amines) is 1. The second-order valence-corrected chi connectivity index (χ2v) is 8.41. The van der Waals surface area contributed by atoms with Gasteiger partial charge in [-0.05, 0) is 57.1 Å². The number of rotatable bonds is 8. The molecule has 0 bridgehead atoms. The molecule has 1 saturated heterocycles. The molecule has 0 spiro atoms. The number of piperidine rings is 1. The van der Waals surface area contributed by atoms with Crippen molar-refractivity contribution in [2.24, 2.45) is 17.8 Å². The van der Waals surface area contributed by atoms with Crippen LogP contribution in [0.2, 0.25) is 0 Å². The highest BCUT2D eigenvalue weighted by Crippen LogP contribution is 2.20. The number of urea groups is 1. The third kappa shape index (κ3) is 6.98. The molecule has 0 aliphatic carbocycles. The highest BCUT2D eigenvalue weighted by molar-refractivity contribution is 5.73. The molecule has 1 aromatic rings. The molecule has 2 N–H and O–H groups in total. The molecular formula is C20H37N5O. The lowest BCUT2D eigenvalue weighted by atomic mass is 9.92. The van der Waals surface area contributed by atoms with Gasteiger partial charge in [-0.3, -0.25) is 4.68 Å². The first-order chi connectivity index (χ1) is 12.3. The first-order valence-electron chi connectivity index (χ1n) is 10.1. The van der Waals surface area contributed by atoms with Crippen LogP contribution >= 0.6 is 0 Å². The summed E-state index contributed by atoms with van der Waals surface area (Å²) in [7, 11) is 0. The van der Waals surface area contributed by atoms with Crippen LogP contribution in [-0.2, 0) is 6.54 Å². The summed E-state index contributed by atoms with van der Waals surface area (Å²) >= 11 is 0. The van der Waals surface area contributed by atoms with Crippen molar-refractivity contribution >= 4 is 6.03 Å². The molecule has 2 rings (SSSR count). The van der Waals surface area contributed by atoms with Gasteiger partial charge in [-0.25, -0.2) is 4.79 Å². The van der Waals surface area contributed by atoms with Crippen LogP contribution in [0.25, 0.3) is 0 Å². The Balaban J connectivity index is 1.56. The lowest BCUT2D eigenvalue weighted by Gasteiger charge is -2.34. The standard InChI is InChI=1S/C20H37N5O/c1-15-9-16(2)13-24(12-15)8-6-7-21-20(26)22-11-17(3)14-25-19(5)10-18(4)23-25/h10,15-17H,6-9,11-14H2,1-5H3,(H2,21,22,26). The van der Waals surface area contributed by atoms with Crippen molar-refractivity contribution in [3.63, 3.8) is 0 Å². The van der Waals surface area contributed by atoms with E-state index in [4.69, 9.17) is 0 Å². The van der Waals surface area contributed by atoms with Crippen LogP contribution in [0.4, 0.5) is 4.79 Å². The minimum Gasteiger partial charge on any atom is -0.338 e. The van der Waals surface area contributed by atoms with E-state index in [1.807, 2.05) is 11.6 Å². The van der Waals surface area contributed by atoms with E-state index in [9.17, 15) is 4.79 Å². The Kier molecular flexibility index (Phi) is 7.94. The molecule has 1 aliphatic heterocycles. The molecule has 3 atom stereocenters. The molecular weight excluding hydrogens is 326 g/mol. The zero-order valence-electron chi connectivity index (χ0n) is 17.2. The number of aryl methyl sites for hydroxylation is 2. The summed E-state index contributed by atoms with van der Waals surface area (Å²) in [6.07, 6.45) is 2.35. The van der Waals surface area contributed by atoms with Crippen LogP contribution in [-0.4, -0.2) is 53.4 Å². The van der Waals surface area contributed by atoms with Crippen LogP contribution in [0.3, 0.4) is 0 Å². The third-order valence-electron chi connectivity index (χ3n) is 5.08. The van der Waals surface area contributed by atoms with E-state index in [0.717, 1.165) is 43.6 Å². The summed E-state index contributed by atoms with van der Waals surface area (Å²) in [5.41, 5.74) is 2.21. The number of carbonyl (C=O) groups excluding carboxylic acids is 1. The number of hydrogen-bond donors (Lipinski definition) is 2. The van der Waals surface area contributed by atoms with Crippen molar-refractivity contribution in [3.05, 3.63) is 17.5 Å². The van der Waals surface area contributed by atoms with Gasteiger partial charge in [-0.1, -0.05) is 20.8 Å². The zero-order chi connectivity index (χ0) is 19.1. The second kappa shape index (κ2) is 9.95. The van der Waals surface area contributed by atoms with Crippen molar-refractivity contribution in [2.75, 3.05) is 32.7 Å². The van der Waals surface area contributed by atoms with Crippen LogP contribution in [0.15, 0.2) is 6.07 Å². The molecule has 2 amide bonds. The van der Waals surface area contributed by atoms with Crippen molar-refractivity contribution in [2.45, 2.75) is 54.0 Å². The Morgan fingerprint density at radius 2 is 1.96 bits per heavy atom. The van der Waals surface area contributed by atoms with Crippen molar-refractivity contribution in [3.8, 4) is 0 Å². The van der Waals surface area contributed by atoms with Gasteiger partial charge in [0, 0.05) is 38.4 Å². The Morgan fingerprint density at radius 1 is 1.27 bits per heavy atom. The van der Waals surface area contributed by atoms with Gasteiger partial charge < -0.3 is 15.5 Å². The highest BCUT2D eigenvalue weighted by Gasteiger charge is 2.21. The Hall–Kier alpha value is -1.56. The van der Waals surface area contributed by atoms with E-state index in [0.29, 0.717) is 12.5 Å². The first kappa shape index (κ1) is 20.7. The maximum Gasteiger partial charge on any atom is 0.314 e. The van der Waals surface area contributed by atoms with Gasteiger partial charge in [0.05, 0.1) is 5.69 Å². The average molecular weight is 364 g/mol. The predicted octanol–water partition coefficient (Wildman–Crippen LogP) is 2.80. The van der Waals surface area contributed by atoms with E-state index < -0.39 is 0 Å². The Morgan fingerprint density at radius 3 is 2.58 bits per heavy atom. The van der Waals surface area contributed by atoms with Gasteiger partial charge in [-0.2, -0.15) is 5.10 Å². The van der Waals surface area contributed by atoms with Crippen LogP contribution in [0, 0.1) is 31.6 Å². The summed E-state index contributed by atoms with van der Waals surface area (Å²) in [6, 6.07) is 2.02. The summed E-state index contributed by atoms with van der Waals surface area (Å²) in [6.45, 7) is 16.6. The predicted molar refractivity (Wildman–Crippen MR) is 106 cm³/mol. The quantitative estimate of drug-likeness (QED) is 0.698. The largest absolute Gasteiger partial charge is 0.338 e. The Bertz CT molecular complexity index is 561. The van der Waals surface area contributed by atoms with Crippen LogP contribution in [0.1, 0.15) is 45.0 Å². The minimum absolute atomic E-state index is 0.0643. The number of amides is 2. The molecule has 1 fully saturated rings. The fourth-order valence-corrected chi connectivity index (χ4v) is 4.03. The van der Waals surface area contributed by atoms with Gasteiger partial charge in [0.15, 0.2) is 0 Å². The smallest absolute Gasteiger partial charge is 0.314 e. The maximum atomic E-state index is 12.0. The summed E-state index contributed by atoms with van der Waals surface area (Å²) in [4.78, 5) is 14.5. The molecule has 1 aromatic heterocycles. The lowest BCUT2D eigenvalue weighted by molar-refractivity contribution is 0.139. The van der Waals surface area contributed by atoms with Gasteiger partial charge in [0.2, 0.25) is 0 Å². The fourth-order valence-electron chi connectivity index (χ4n) is 4.03. The van der Waals surface area contributed by atoms with E-state index in [2.05, 4.69) is 54.4 Å². The first-order valence-corrected chi connectivity index (χ1v) is 10.1. The molecule has 2 heterocycles. The topological polar surface area (TPSA) is 62.2 Å². The number of aromatic nitrogens is 2. The van der Waals surface area contributed by atoms with Crippen molar-refractivity contribution in [1.29, 1.82) is 0 Å². The molecule has 148 valence electrons. The molecule has 26 heavy (non-hydrogen) atoms. The molecule has 0 radical (unpaired) electrons. The molecule has 6 nitrogen and oxygen atoms in total. The van der Waals surface area contributed by atoms with Crippen LogP contribution in [0.5, 0.6) is 0 Å². The summed E-state index contributed by atoms with van der Waals surface area (Å²) < 4.78 is 2.01. The number of nitrogens with zero attached hydrogens (tertiary/aromatic N) is 3. The summed E-state index contributed by atoms with van der Waals surface area (Å²) in [5.74, 6) is 1.92. The number of hydrogen-bond acceptors (Lipinski definition) is 3. The van der Waals surface area contributed by atoms with E-state index in [1.165, 1.54) is 25.2 Å². The second-order valence-electron chi connectivity index (χ2n) is 8.41. The third-order valence-corrected chi connectivity index (χ3v) is 5.08. The van der Waals surface area contributed by atoms with Crippen molar-refractivity contribution < 1.29 is 4.79 Å². The molecule has 0 aromatic carbocycles. The monoisotopic (exact) mass is 363 g/mol. The maximum absolute atomic E-state index is 12.0. The number of nitrogens with one attached hydrogen (secondary N) is 2. The van der Waals surface area contributed by atoms with Crippen molar-refractivity contribution in [1.82, 2.24) is 25.3 Å². The molecule has 1 aliphatic rings. The van der Waals surface area contributed by atoms with Gasteiger partial charge in [-0.15, -0.1) is 0 Å². The van der Waals surface area contributed by atoms with Crippen LogP contribution < -0.4 is 10.6 Å². The zero-order valence-corrected chi connectivity index (χ0v) is 17.2. The van der Waals surface area contributed by atoms with Gasteiger partial charge >= 0.3 is 6.03 Å². The van der Waals surface area contributed by atoms with E-state index in [-0.39, 0.29) is 6.03 Å². The van der Waals surface area contributed by atoms with Gasteiger partial charge in [0.1, 0.15) is 0 Å². The Labute approximate surface area is 158 Å². The molecule has 6 heteroatoms. The summed E-state index contributed by atoms with van der Waals surface area (Å²) in [5, 5.41) is 10.4. The van der Waals surface area contributed by atoms with Gasteiger partial charge in [0.25, 0.3) is 0 Å². The fraction of sp³-hybridized carbons (Fsp3) is 0.800. The highest BCUT2D eigenvalue weighted by atomic mass is 16.2.